The third-order valence-electron chi connectivity index (χ3n) is 6.92. The number of halogens is 3. The van der Waals surface area contributed by atoms with E-state index in [2.05, 4.69) is 11.8 Å². The molecule has 0 saturated carbocycles. The highest BCUT2D eigenvalue weighted by atomic mass is 35.5. The Bertz CT molecular complexity index is 902. The van der Waals surface area contributed by atoms with Crippen molar-refractivity contribution in [3.05, 3.63) is 70.5 Å². The van der Waals surface area contributed by atoms with Gasteiger partial charge >= 0.3 is 0 Å². The largest absolute Gasteiger partial charge is 0.412 e. The molecule has 2 aromatic carbocycles. The quantitative estimate of drug-likeness (QED) is 0.448. The third-order valence-corrected chi connectivity index (χ3v) is 7.17. The van der Waals surface area contributed by atoms with Crippen LogP contribution in [0.25, 0.3) is 0 Å². The monoisotopic (exact) mass is 513 g/mol. The molecule has 2 atom stereocenters. The van der Waals surface area contributed by atoms with Crippen molar-refractivity contribution in [1.29, 1.82) is 0 Å². The number of nitrogens with zero attached hydrogens (tertiary/aromatic N) is 1. The van der Waals surface area contributed by atoms with Crippen LogP contribution in [0.15, 0.2) is 48.5 Å². The summed E-state index contributed by atoms with van der Waals surface area (Å²) in [6, 6.07) is 13.5. The van der Waals surface area contributed by atoms with Gasteiger partial charge < -0.3 is 19.8 Å². The summed E-state index contributed by atoms with van der Waals surface area (Å²) >= 11 is 6.03. The zero-order chi connectivity index (χ0) is 22.6. The highest BCUT2D eigenvalue weighted by Gasteiger charge is 2.47. The molecule has 0 radical (unpaired) electrons. The van der Waals surface area contributed by atoms with E-state index in [4.69, 9.17) is 21.1 Å². The van der Waals surface area contributed by atoms with Crippen LogP contribution in [0.1, 0.15) is 61.2 Å². The summed E-state index contributed by atoms with van der Waals surface area (Å²) in [5, 5.41) is 0.705. The van der Waals surface area contributed by atoms with Gasteiger partial charge in [0, 0.05) is 41.6 Å². The molecule has 2 heterocycles. The molecule has 2 fully saturated rings. The minimum Gasteiger partial charge on any atom is -0.412 e. The van der Waals surface area contributed by atoms with Gasteiger partial charge in [-0.3, -0.25) is 4.79 Å². The SMILES string of the molecule is CCC1COC(c2ccc(Cl)cc2)OC12CCN(CCCC(=O)c1ccc(F)cc1)CC2.Cl.O. The summed E-state index contributed by atoms with van der Waals surface area (Å²) in [5.74, 6) is 0.138. The normalized spacial score (nSPS) is 22.0. The molecule has 34 heavy (non-hydrogen) atoms. The zero-order valence-electron chi connectivity index (χ0n) is 19.5. The van der Waals surface area contributed by atoms with E-state index in [1.807, 2.05) is 24.3 Å². The molecule has 2 aromatic rings. The van der Waals surface area contributed by atoms with Crippen LogP contribution in [0.4, 0.5) is 4.39 Å². The lowest BCUT2D eigenvalue weighted by atomic mass is 9.77. The van der Waals surface area contributed by atoms with Gasteiger partial charge in [0.05, 0.1) is 12.2 Å². The average molecular weight is 514 g/mol. The van der Waals surface area contributed by atoms with Gasteiger partial charge in [0.25, 0.3) is 0 Å². The molecule has 2 saturated heterocycles. The minimum absolute atomic E-state index is 0. The zero-order valence-corrected chi connectivity index (χ0v) is 21.0. The van der Waals surface area contributed by atoms with Gasteiger partial charge in [-0.25, -0.2) is 4.39 Å². The number of Topliss-reactive ketones (excluding diaryl/α,β-unsaturated/α-hetero) is 1. The summed E-state index contributed by atoms with van der Waals surface area (Å²) in [6.45, 7) is 5.70. The number of hydrogen-bond donors (Lipinski definition) is 0. The summed E-state index contributed by atoms with van der Waals surface area (Å²) in [7, 11) is 0. The summed E-state index contributed by atoms with van der Waals surface area (Å²) < 4.78 is 25.7. The predicted molar refractivity (Wildman–Crippen MR) is 134 cm³/mol. The number of rotatable bonds is 7. The van der Waals surface area contributed by atoms with E-state index in [0.29, 0.717) is 29.5 Å². The minimum atomic E-state index is -0.352. The molecular weight excluding hydrogens is 480 g/mol. The van der Waals surface area contributed by atoms with Crippen LogP contribution in [0.2, 0.25) is 5.02 Å². The summed E-state index contributed by atoms with van der Waals surface area (Å²) in [5.41, 5.74) is 1.42. The molecule has 0 bridgehead atoms. The van der Waals surface area contributed by atoms with Crippen molar-refractivity contribution < 1.29 is 24.1 Å². The van der Waals surface area contributed by atoms with Crippen molar-refractivity contribution in [2.24, 2.45) is 5.92 Å². The van der Waals surface area contributed by atoms with E-state index in [1.54, 1.807) is 12.1 Å². The molecule has 2 N–H and O–H groups in total. The second-order valence-corrected chi connectivity index (χ2v) is 9.32. The van der Waals surface area contributed by atoms with Crippen LogP contribution in [-0.4, -0.2) is 48.0 Å². The molecule has 5 nitrogen and oxygen atoms in total. The molecule has 2 aliphatic heterocycles. The Morgan fingerprint density at radius 3 is 2.38 bits per heavy atom. The van der Waals surface area contributed by atoms with Crippen LogP contribution < -0.4 is 0 Å². The van der Waals surface area contributed by atoms with E-state index < -0.39 is 0 Å². The van der Waals surface area contributed by atoms with Crippen molar-refractivity contribution >= 4 is 29.8 Å². The smallest absolute Gasteiger partial charge is 0.184 e. The number of carbonyl (C=O) groups excluding carboxylic acids is 1. The molecule has 188 valence electrons. The summed E-state index contributed by atoms with van der Waals surface area (Å²) in [6.07, 6.45) is 3.89. The van der Waals surface area contributed by atoms with E-state index in [0.717, 1.165) is 50.9 Å². The number of likely N-dealkylation sites (tertiary alicyclic amines) is 1. The highest BCUT2D eigenvalue weighted by molar-refractivity contribution is 6.30. The van der Waals surface area contributed by atoms with Crippen molar-refractivity contribution in [3.63, 3.8) is 0 Å². The van der Waals surface area contributed by atoms with E-state index in [1.165, 1.54) is 12.1 Å². The predicted octanol–water partition coefficient (Wildman–Crippen LogP) is 5.65. The highest BCUT2D eigenvalue weighted by Crippen LogP contribution is 2.44. The number of hydrogen-bond acceptors (Lipinski definition) is 4. The lowest BCUT2D eigenvalue weighted by Gasteiger charge is -2.50. The topological polar surface area (TPSA) is 70.3 Å². The molecule has 2 aliphatic rings. The number of benzene rings is 2. The first-order valence-electron chi connectivity index (χ1n) is 11.5. The van der Waals surface area contributed by atoms with Gasteiger partial charge in [-0.1, -0.05) is 30.7 Å². The van der Waals surface area contributed by atoms with Crippen molar-refractivity contribution in [1.82, 2.24) is 4.90 Å². The molecule has 2 unspecified atom stereocenters. The number of carbonyl (C=O) groups is 1. The van der Waals surface area contributed by atoms with Crippen LogP contribution in [0.3, 0.4) is 0 Å². The fourth-order valence-corrected chi connectivity index (χ4v) is 5.02. The Kier molecular flexibility index (Phi) is 10.9. The van der Waals surface area contributed by atoms with E-state index >= 15 is 0 Å². The fourth-order valence-electron chi connectivity index (χ4n) is 4.90. The molecule has 1 spiro atoms. The Balaban J connectivity index is 0.00000204. The Hall–Kier alpha value is -1.54. The molecule has 8 heteroatoms. The number of ether oxygens (including phenoxy) is 2. The molecule has 0 amide bonds. The van der Waals surface area contributed by atoms with Crippen LogP contribution >= 0.6 is 24.0 Å². The van der Waals surface area contributed by atoms with Crippen molar-refractivity contribution in [3.8, 4) is 0 Å². The Morgan fingerprint density at radius 2 is 1.76 bits per heavy atom. The van der Waals surface area contributed by atoms with Crippen LogP contribution in [0.5, 0.6) is 0 Å². The first-order chi connectivity index (χ1) is 15.5. The van der Waals surface area contributed by atoms with Gasteiger partial charge in [0.15, 0.2) is 12.1 Å². The van der Waals surface area contributed by atoms with Gasteiger partial charge in [0.2, 0.25) is 0 Å². The van der Waals surface area contributed by atoms with Crippen molar-refractivity contribution in [2.75, 3.05) is 26.2 Å². The van der Waals surface area contributed by atoms with E-state index in [-0.39, 0.29) is 41.4 Å². The third kappa shape index (κ3) is 6.78. The number of piperidine rings is 1. The molecule has 0 aliphatic carbocycles. The Morgan fingerprint density at radius 1 is 1.12 bits per heavy atom. The first kappa shape index (κ1) is 28.7. The van der Waals surface area contributed by atoms with E-state index in [9.17, 15) is 9.18 Å². The Labute approximate surface area is 212 Å². The standard InChI is InChI=1S/C26H31ClFNO3.ClH.H2O/c1-2-21-18-31-25(20-5-9-22(27)10-6-20)32-26(21)13-16-29(17-14-26)15-3-4-24(30)19-7-11-23(28)12-8-19;;/h5-12,21,25H,2-4,13-18H2,1H3;1H;1H2. The maximum atomic E-state index is 13.0. The van der Waals surface area contributed by atoms with Gasteiger partial charge in [-0.2, -0.15) is 0 Å². The van der Waals surface area contributed by atoms with Crippen molar-refractivity contribution in [2.45, 2.75) is 50.9 Å². The maximum absolute atomic E-state index is 13.0. The molecule has 0 aromatic heterocycles. The van der Waals surface area contributed by atoms with Gasteiger partial charge in [-0.15, -0.1) is 12.4 Å². The van der Waals surface area contributed by atoms with Gasteiger partial charge in [0.1, 0.15) is 5.82 Å². The lowest BCUT2D eigenvalue weighted by molar-refractivity contribution is -0.298. The lowest BCUT2D eigenvalue weighted by Crippen LogP contribution is -2.55. The average Bonchev–Trinajstić information content (AvgIpc) is 2.81. The number of ketones is 1. The first-order valence-corrected chi connectivity index (χ1v) is 11.9. The molecular formula is C26H34Cl2FNO4. The second-order valence-electron chi connectivity index (χ2n) is 8.88. The second kappa shape index (κ2) is 13.0. The summed E-state index contributed by atoms with van der Waals surface area (Å²) in [4.78, 5) is 14.8. The fraction of sp³-hybridized carbons (Fsp3) is 0.500. The van der Waals surface area contributed by atoms with Crippen LogP contribution in [-0.2, 0) is 9.47 Å². The van der Waals surface area contributed by atoms with Gasteiger partial charge in [-0.05, 0) is 68.6 Å². The molecule has 4 rings (SSSR count). The maximum Gasteiger partial charge on any atom is 0.184 e. The van der Waals surface area contributed by atoms with Crippen LogP contribution in [0, 0.1) is 11.7 Å².